The van der Waals surface area contributed by atoms with Gasteiger partial charge in [0.25, 0.3) is 5.91 Å². The first kappa shape index (κ1) is 10.1. The fraction of sp³-hybridized carbons (Fsp3) is 0.222. The van der Waals surface area contributed by atoms with Crippen LogP contribution < -0.4 is 5.73 Å². The predicted octanol–water partition coefficient (Wildman–Crippen LogP) is 1.82. The SMILES string of the molecule is CCc1cc(Br)c(O)c(C(N)=O)c1. The number of carbonyl (C=O) groups excluding carboxylic acids is 1. The van der Waals surface area contributed by atoms with Gasteiger partial charge in [0, 0.05) is 0 Å². The smallest absolute Gasteiger partial charge is 0.252 e. The first-order chi connectivity index (χ1) is 6.06. The molecule has 0 aromatic heterocycles. The van der Waals surface area contributed by atoms with Gasteiger partial charge in [0.05, 0.1) is 10.0 Å². The van der Waals surface area contributed by atoms with Crippen LogP contribution in [-0.2, 0) is 6.42 Å². The number of hydrogen-bond donors (Lipinski definition) is 2. The van der Waals surface area contributed by atoms with Crippen molar-refractivity contribution < 1.29 is 9.90 Å². The molecule has 0 aliphatic carbocycles. The van der Waals surface area contributed by atoms with Crippen molar-refractivity contribution in [1.82, 2.24) is 0 Å². The number of carbonyl (C=O) groups is 1. The van der Waals surface area contributed by atoms with E-state index < -0.39 is 5.91 Å². The molecule has 0 bridgehead atoms. The Kier molecular flexibility index (Phi) is 2.93. The summed E-state index contributed by atoms with van der Waals surface area (Å²) in [6, 6.07) is 3.37. The van der Waals surface area contributed by atoms with Crippen molar-refractivity contribution in [3.63, 3.8) is 0 Å². The van der Waals surface area contributed by atoms with Crippen molar-refractivity contribution in [2.75, 3.05) is 0 Å². The number of nitrogens with two attached hydrogens (primary N) is 1. The highest BCUT2D eigenvalue weighted by Gasteiger charge is 2.11. The van der Waals surface area contributed by atoms with Gasteiger partial charge in [-0.1, -0.05) is 6.92 Å². The molecule has 3 N–H and O–H groups in total. The fourth-order valence-electron chi connectivity index (χ4n) is 1.05. The number of hydrogen-bond acceptors (Lipinski definition) is 2. The van der Waals surface area contributed by atoms with E-state index in [0.29, 0.717) is 4.47 Å². The van der Waals surface area contributed by atoms with E-state index in [4.69, 9.17) is 5.73 Å². The summed E-state index contributed by atoms with van der Waals surface area (Å²) < 4.78 is 0.501. The second kappa shape index (κ2) is 3.79. The Bertz CT molecular complexity index is 350. The lowest BCUT2D eigenvalue weighted by atomic mass is 10.1. The van der Waals surface area contributed by atoms with E-state index in [9.17, 15) is 9.90 Å². The van der Waals surface area contributed by atoms with Crippen molar-refractivity contribution in [3.8, 4) is 5.75 Å². The molecule has 0 spiro atoms. The van der Waals surface area contributed by atoms with Gasteiger partial charge < -0.3 is 10.8 Å². The zero-order valence-corrected chi connectivity index (χ0v) is 8.76. The summed E-state index contributed by atoms with van der Waals surface area (Å²) in [6.45, 7) is 1.96. The molecular weight excluding hydrogens is 234 g/mol. The van der Waals surface area contributed by atoms with Gasteiger partial charge in [-0.2, -0.15) is 0 Å². The highest BCUT2D eigenvalue weighted by atomic mass is 79.9. The molecule has 0 fully saturated rings. The van der Waals surface area contributed by atoms with E-state index in [1.807, 2.05) is 6.92 Å². The zero-order chi connectivity index (χ0) is 10.0. The van der Waals surface area contributed by atoms with Gasteiger partial charge in [-0.3, -0.25) is 4.79 Å². The molecule has 4 heteroatoms. The van der Waals surface area contributed by atoms with Crippen LogP contribution >= 0.6 is 15.9 Å². The third kappa shape index (κ3) is 2.01. The molecular formula is C9H10BrNO2. The average molecular weight is 244 g/mol. The van der Waals surface area contributed by atoms with Gasteiger partial charge in [0.2, 0.25) is 0 Å². The van der Waals surface area contributed by atoms with E-state index >= 15 is 0 Å². The van der Waals surface area contributed by atoms with Gasteiger partial charge in [0.1, 0.15) is 5.75 Å². The Morgan fingerprint density at radius 1 is 1.62 bits per heavy atom. The van der Waals surface area contributed by atoms with Gasteiger partial charge in [-0.05, 0) is 40.0 Å². The largest absolute Gasteiger partial charge is 0.506 e. The van der Waals surface area contributed by atoms with E-state index in [-0.39, 0.29) is 11.3 Å². The van der Waals surface area contributed by atoms with Crippen molar-refractivity contribution in [2.45, 2.75) is 13.3 Å². The van der Waals surface area contributed by atoms with Gasteiger partial charge >= 0.3 is 0 Å². The summed E-state index contributed by atoms with van der Waals surface area (Å²) in [6.07, 6.45) is 0.791. The number of aromatic hydroxyl groups is 1. The molecule has 0 saturated carbocycles. The molecule has 0 heterocycles. The third-order valence-electron chi connectivity index (χ3n) is 1.80. The van der Waals surface area contributed by atoms with Crippen molar-refractivity contribution in [1.29, 1.82) is 0 Å². The monoisotopic (exact) mass is 243 g/mol. The maximum absolute atomic E-state index is 10.9. The van der Waals surface area contributed by atoms with E-state index in [0.717, 1.165) is 12.0 Å². The molecule has 0 aliphatic rings. The molecule has 3 nitrogen and oxygen atoms in total. The predicted molar refractivity (Wildman–Crippen MR) is 53.7 cm³/mol. The second-order valence-corrected chi connectivity index (χ2v) is 3.55. The topological polar surface area (TPSA) is 63.3 Å². The van der Waals surface area contributed by atoms with E-state index in [1.165, 1.54) is 0 Å². The lowest BCUT2D eigenvalue weighted by Crippen LogP contribution is -2.11. The fourth-order valence-corrected chi connectivity index (χ4v) is 1.55. The minimum absolute atomic E-state index is 0.0929. The summed E-state index contributed by atoms with van der Waals surface area (Å²) in [5, 5.41) is 9.44. The van der Waals surface area contributed by atoms with Crippen LogP contribution in [0.5, 0.6) is 5.75 Å². The highest BCUT2D eigenvalue weighted by molar-refractivity contribution is 9.10. The number of phenols is 1. The summed E-state index contributed by atoms with van der Waals surface area (Å²) in [4.78, 5) is 10.9. The van der Waals surface area contributed by atoms with Gasteiger partial charge in [0.15, 0.2) is 0 Å². The standard InChI is InChI=1S/C9H10BrNO2/c1-2-5-3-6(9(11)13)8(12)7(10)4-5/h3-4,12H,2H2,1H3,(H2,11,13). The first-order valence-electron chi connectivity index (χ1n) is 3.87. The minimum atomic E-state index is -0.617. The van der Waals surface area contributed by atoms with E-state index in [1.54, 1.807) is 12.1 Å². The van der Waals surface area contributed by atoms with Crippen LogP contribution in [0.4, 0.5) is 0 Å². The lowest BCUT2D eigenvalue weighted by Gasteiger charge is -2.05. The second-order valence-electron chi connectivity index (χ2n) is 2.69. The molecule has 0 radical (unpaired) electrons. The molecule has 0 atom stereocenters. The number of aryl methyl sites for hydroxylation is 1. The molecule has 13 heavy (non-hydrogen) atoms. The Hall–Kier alpha value is -1.03. The minimum Gasteiger partial charge on any atom is -0.506 e. The first-order valence-corrected chi connectivity index (χ1v) is 4.66. The van der Waals surface area contributed by atoms with Crippen LogP contribution in [0.1, 0.15) is 22.8 Å². The number of primary amides is 1. The molecule has 70 valence electrons. The van der Waals surface area contributed by atoms with Crippen LogP contribution in [-0.4, -0.2) is 11.0 Å². The number of rotatable bonds is 2. The normalized spacial score (nSPS) is 10.0. The maximum atomic E-state index is 10.9. The van der Waals surface area contributed by atoms with Crippen molar-refractivity contribution in [2.24, 2.45) is 5.73 Å². The third-order valence-corrected chi connectivity index (χ3v) is 2.40. The zero-order valence-electron chi connectivity index (χ0n) is 7.17. The average Bonchev–Trinajstić information content (AvgIpc) is 2.09. The molecule has 0 aliphatic heterocycles. The summed E-state index contributed by atoms with van der Waals surface area (Å²) >= 11 is 3.15. The molecule has 0 saturated heterocycles. The molecule has 1 aromatic rings. The Balaban J connectivity index is 3.33. The van der Waals surface area contributed by atoms with Crippen LogP contribution in [0.25, 0.3) is 0 Å². The molecule has 1 amide bonds. The Labute approximate surface area is 84.7 Å². The van der Waals surface area contributed by atoms with Crippen LogP contribution in [0, 0.1) is 0 Å². The van der Waals surface area contributed by atoms with Crippen LogP contribution in [0.2, 0.25) is 0 Å². The molecule has 0 unspecified atom stereocenters. The molecule has 1 aromatic carbocycles. The molecule has 1 rings (SSSR count). The van der Waals surface area contributed by atoms with Crippen molar-refractivity contribution in [3.05, 3.63) is 27.7 Å². The number of benzene rings is 1. The Morgan fingerprint density at radius 2 is 2.23 bits per heavy atom. The summed E-state index contributed by atoms with van der Waals surface area (Å²) in [5.74, 6) is -0.710. The lowest BCUT2D eigenvalue weighted by molar-refractivity contribution is 0.0997. The van der Waals surface area contributed by atoms with Crippen LogP contribution in [0.3, 0.4) is 0 Å². The number of amides is 1. The number of halogens is 1. The van der Waals surface area contributed by atoms with Gasteiger partial charge in [-0.25, -0.2) is 0 Å². The van der Waals surface area contributed by atoms with E-state index in [2.05, 4.69) is 15.9 Å². The van der Waals surface area contributed by atoms with Gasteiger partial charge in [-0.15, -0.1) is 0 Å². The quantitative estimate of drug-likeness (QED) is 0.833. The highest BCUT2D eigenvalue weighted by Crippen LogP contribution is 2.29. The summed E-state index contributed by atoms with van der Waals surface area (Å²) in [7, 11) is 0. The summed E-state index contributed by atoms with van der Waals surface area (Å²) in [5.41, 5.74) is 6.20. The Morgan fingerprint density at radius 3 is 2.69 bits per heavy atom. The van der Waals surface area contributed by atoms with Crippen molar-refractivity contribution >= 4 is 21.8 Å². The van der Waals surface area contributed by atoms with Crippen LogP contribution in [0.15, 0.2) is 16.6 Å². The maximum Gasteiger partial charge on any atom is 0.252 e.